The fraction of sp³-hybridized carbons (Fsp3) is 0.552. The van der Waals surface area contributed by atoms with Crippen LogP contribution in [0.5, 0.6) is 5.75 Å². The molecule has 1 amide bonds. The van der Waals surface area contributed by atoms with Crippen LogP contribution in [0.4, 0.5) is 33.3 Å². The third-order valence-corrected chi connectivity index (χ3v) is 6.57. The quantitative estimate of drug-likeness (QED) is 0.273. The minimum absolute atomic E-state index is 0.00719. The summed E-state index contributed by atoms with van der Waals surface area (Å²) in [5.74, 6) is -4.25. The van der Waals surface area contributed by atoms with Gasteiger partial charge in [0.25, 0.3) is 0 Å². The number of fused-ring (bicyclic) bond motifs is 1. The van der Waals surface area contributed by atoms with E-state index in [0.29, 0.717) is 18.7 Å². The molecule has 2 aromatic carbocycles. The highest BCUT2D eigenvalue weighted by Gasteiger charge is 2.56. The summed E-state index contributed by atoms with van der Waals surface area (Å²) >= 11 is 0. The number of halogens is 5. The number of rotatable bonds is 8. The molecule has 1 aliphatic rings. The number of alkyl halides is 5. The van der Waals surface area contributed by atoms with Crippen LogP contribution in [-0.4, -0.2) is 31.2 Å². The van der Waals surface area contributed by atoms with Crippen LogP contribution in [0, 0.1) is 19.3 Å². The monoisotopic (exact) mass is 540 g/mol. The number of nitrogens with one attached hydrogen (secondary N) is 1. The maximum atomic E-state index is 13.1. The molecular weight excluding hydrogens is 503 g/mol. The molecular formula is C29H37F5N2O2. The van der Waals surface area contributed by atoms with E-state index in [1.54, 1.807) is 6.07 Å². The molecule has 1 N–H and O–H groups in total. The highest BCUT2D eigenvalue weighted by atomic mass is 19.4. The van der Waals surface area contributed by atoms with Crippen molar-refractivity contribution in [1.29, 1.82) is 0 Å². The second kappa shape index (κ2) is 11.5. The van der Waals surface area contributed by atoms with Crippen LogP contribution in [0.25, 0.3) is 0 Å². The lowest BCUT2D eigenvalue weighted by atomic mass is 9.92. The van der Waals surface area contributed by atoms with E-state index in [2.05, 4.69) is 22.3 Å². The highest BCUT2D eigenvalue weighted by Crippen LogP contribution is 2.39. The van der Waals surface area contributed by atoms with E-state index in [1.807, 2.05) is 46.8 Å². The Morgan fingerprint density at radius 2 is 1.66 bits per heavy atom. The van der Waals surface area contributed by atoms with E-state index in [9.17, 15) is 26.7 Å². The summed E-state index contributed by atoms with van der Waals surface area (Å²) in [6.45, 7) is 11.3. The van der Waals surface area contributed by atoms with E-state index in [4.69, 9.17) is 4.74 Å². The van der Waals surface area contributed by atoms with Crippen LogP contribution in [0.2, 0.25) is 0 Å². The molecule has 0 saturated carbocycles. The zero-order chi connectivity index (χ0) is 28.3. The van der Waals surface area contributed by atoms with Gasteiger partial charge in [-0.1, -0.05) is 26.8 Å². The lowest BCUT2D eigenvalue weighted by molar-refractivity contribution is -0.284. The molecule has 3 rings (SSSR count). The Morgan fingerprint density at radius 3 is 2.26 bits per heavy atom. The van der Waals surface area contributed by atoms with Gasteiger partial charge in [0.1, 0.15) is 5.75 Å². The number of hydrogen-bond acceptors (Lipinski definition) is 3. The molecule has 0 spiro atoms. The Labute approximate surface area is 221 Å². The Bertz CT molecular complexity index is 1120. The van der Waals surface area contributed by atoms with Crippen molar-refractivity contribution in [2.45, 2.75) is 85.4 Å². The van der Waals surface area contributed by atoms with Crippen LogP contribution in [-0.2, 0) is 17.8 Å². The molecule has 0 unspecified atom stereocenters. The number of ether oxygens (including phenoxy) is 1. The van der Waals surface area contributed by atoms with Gasteiger partial charge in [-0.3, -0.25) is 4.79 Å². The van der Waals surface area contributed by atoms with Crippen LogP contribution in [0.15, 0.2) is 30.3 Å². The number of anilines is 2. The molecule has 2 aromatic rings. The summed E-state index contributed by atoms with van der Waals surface area (Å²) in [6.07, 6.45) is -5.12. The number of carbonyl (C=O) groups excluding carboxylic acids is 1. The van der Waals surface area contributed by atoms with Gasteiger partial charge in [-0.15, -0.1) is 0 Å². The lowest BCUT2D eigenvalue weighted by Crippen LogP contribution is -2.36. The van der Waals surface area contributed by atoms with Gasteiger partial charge >= 0.3 is 12.1 Å². The number of nitrogens with zero attached hydrogens (tertiary/aromatic N) is 1. The van der Waals surface area contributed by atoms with Gasteiger partial charge in [-0.05, 0) is 85.0 Å². The lowest BCUT2D eigenvalue weighted by Gasteiger charge is -2.26. The zero-order valence-electron chi connectivity index (χ0n) is 22.7. The van der Waals surface area contributed by atoms with Crippen LogP contribution in [0.1, 0.15) is 68.7 Å². The summed E-state index contributed by atoms with van der Waals surface area (Å²) in [4.78, 5) is 14.8. The van der Waals surface area contributed by atoms with Crippen molar-refractivity contribution < 1.29 is 31.5 Å². The molecule has 1 heterocycles. The summed E-state index contributed by atoms with van der Waals surface area (Å²) in [5.41, 5.74) is 5.97. The van der Waals surface area contributed by atoms with Crippen molar-refractivity contribution in [2.75, 3.05) is 23.4 Å². The molecule has 38 heavy (non-hydrogen) atoms. The Morgan fingerprint density at radius 1 is 1.00 bits per heavy atom. The Kier molecular flexibility index (Phi) is 8.99. The molecule has 210 valence electrons. The maximum Gasteiger partial charge on any atom is 0.453 e. The van der Waals surface area contributed by atoms with E-state index in [1.165, 1.54) is 0 Å². The molecule has 0 radical (unpaired) electrons. The molecule has 0 aromatic heterocycles. The average Bonchev–Trinajstić information content (AvgIpc) is 2.99. The van der Waals surface area contributed by atoms with Crippen LogP contribution in [0.3, 0.4) is 0 Å². The third-order valence-electron chi connectivity index (χ3n) is 6.57. The topological polar surface area (TPSA) is 41.6 Å². The van der Waals surface area contributed by atoms with Crippen molar-refractivity contribution in [1.82, 2.24) is 0 Å². The number of amides is 1. The SMILES string of the molecule is Cc1cc(N2CCCc3cc(OCCCC(F)(F)C(F)(F)F)ccc3C2)cc(C)c1NC(=O)CC(C)(C)C. The minimum atomic E-state index is -5.54. The van der Waals surface area contributed by atoms with Gasteiger partial charge in [0.2, 0.25) is 5.91 Å². The van der Waals surface area contributed by atoms with Crippen molar-refractivity contribution >= 4 is 17.3 Å². The molecule has 0 fully saturated rings. The first kappa shape index (κ1) is 29.7. The molecule has 4 nitrogen and oxygen atoms in total. The summed E-state index contributed by atoms with van der Waals surface area (Å²) in [5, 5.41) is 3.07. The van der Waals surface area contributed by atoms with Crippen molar-refractivity contribution in [3.05, 3.63) is 52.6 Å². The van der Waals surface area contributed by atoms with Crippen LogP contribution < -0.4 is 15.0 Å². The molecule has 0 saturated heterocycles. The fourth-order valence-corrected chi connectivity index (χ4v) is 4.66. The first-order valence-electron chi connectivity index (χ1n) is 12.9. The van der Waals surface area contributed by atoms with Gasteiger partial charge in [0, 0.05) is 37.3 Å². The Balaban J connectivity index is 1.65. The first-order chi connectivity index (χ1) is 17.6. The predicted molar refractivity (Wildman–Crippen MR) is 140 cm³/mol. The smallest absolute Gasteiger partial charge is 0.453 e. The van der Waals surface area contributed by atoms with Crippen molar-refractivity contribution in [2.24, 2.45) is 5.41 Å². The van der Waals surface area contributed by atoms with E-state index < -0.39 is 24.9 Å². The van der Waals surface area contributed by atoms with E-state index in [0.717, 1.165) is 53.0 Å². The predicted octanol–water partition coefficient (Wildman–Crippen LogP) is 7.99. The normalized spacial score (nSPS) is 14.6. The fourth-order valence-electron chi connectivity index (χ4n) is 4.66. The number of aryl methyl sites for hydroxylation is 3. The van der Waals surface area contributed by atoms with E-state index in [-0.39, 0.29) is 17.9 Å². The second-order valence-electron chi connectivity index (χ2n) is 11.4. The van der Waals surface area contributed by atoms with Gasteiger partial charge < -0.3 is 15.0 Å². The van der Waals surface area contributed by atoms with E-state index >= 15 is 0 Å². The number of hydrogen-bond donors (Lipinski definition) is 1. The minimum Gasteiger partial charge on any atom is -0.494 e. The van der Waals surface area contributed by atoms with Crippen LogP contribution >= 0.6 is 0 Å². The average molecular weight is 541 g/mol. The highest BCUT2D eigenvalue weighted by molar-refractivity contribution is 5.93. The maximum absolute atomic E-state index is 13.1. The zero-order valence-corrected chi connectivity index (χ0v) is 22.7. The van der Waals surface area contributed by atoms with Gasteiger partial charge in [0.05, 0.1) is 6.61 Å². The number of carbonyl (C=O) groups is 1. The van der Waals surface area contributed by atoms with Gasteiger partial charge in [0.15, 0.2) is 0 Å². The first-order valence-corrected chi connectivity index (χ1v) is 12.9. The van der Waals surface area contributed by atoms with Gasteiger partial charge in [-0.2, -0.15) is 22.0 Å². The third kappa shape index (κ3) is 7.84. The van der Waals surface area contributed by atoms with Gasteiger partial charge in [-0.25, -0.2) is 0 Å². The standard InChI is InChI=1S/C29H37F5N2O2/c1-19-14-23(15-20(2)26(19)35-25(37)17-27(3,4)5)36-12-6-8-21-16-24(10-9-22(21)18-36)38-13-7-11-28(30,31)29(32,33)34/h9-10,14-16H,6-8,11-13,17-18H2,1-5H3,(H,35,37). The van der Waals surface area contributed by atoms with Crippen molar-refractivity contribution in [3.63, 3.8) is 0 Å². The molecule has 1 aliphatic heterocycles. The summed E-state index contributed by atoms with van der Waals surface area (Å²) in [6, 6.07) is 9.67. The largest absolute Gasteiger partial charge is 0.494 e. The molecule has 0 aliphatic carbocycles. The number of benzene rings is 2. The molecule has 0 atom stereocenters. The summed E-state index contributed by atoms with van der Waals surface area (Å²) in [7, 11) is 0. The molecule has 9 heteroatoms. The molecule has 0 bridgehead atoms. The summed E-state index contributed by atoms with van der Waals surface area (Å²) < 4.78 is 68.6. The second-order valence-corrected chi connectivity index (χ2v) is 11.4. The Hall–Kier alpha value is -2.84. The van der Waals surface area contributed by atoms with Crippen molar-refractivity contribution in [3.8, 4) is 5.75 Å².